The minimum atomic E-state index is -1.26. The van der Waals surface area contributed by atoms with Crippen LogP contribution in [0.3, 0.4) is 0 Å². The van der Waals surface area contributed by atoms with Gasteiger partial charge in [-0.05, 0) is 6.07 Å². The van der Waals surface area contributed by atoms with E-state index in [1.807, 2.05) is 0 Å². The zero-order valence-electron chi connectivity index (χ0n) is 6.67. The summed E-state index contributed by atoms with van der Waals surface area (Å²) in [5.41, 5.74) is -0.179. The topological polar surface area (TPSA) is 44.0 Å². The van der Waals surface area contributed by atoms with Gasteiger partial charge in [0.25, 0.3) is 0 Å². The van der Waals surface area contributed by atoms with Crippen molar-refractivity contribution in [2.24, 2.45) is 0 Å². The molecule has 2 nitrogen and oxygen atoms in total. The van der Waals surface area contributed by atoms with Crippen molar-refractivity contribution in [2.75, 3.05) is 0 Å². The lowest BCUT2D eigenvalue weighted by Gasteiger charge is -2.07. The number of benzene rings is 1. The number of halogens is 2. The first kappa shape index (κ1) is 9.62. The van der Waals surface area contributed by atoms with Crippen LogP contribution in [-0.4, -0.2) is 5.11 Å². The van der Waals surface area contributed by atoms with Gasteiger partial charge in [0.1, 0.15) is 0 Å². The minimum Gasteiger partial charge on any atom is -0.387 e. The fourth-order valence-corrected chi connectivity index (χ4v) is 0.974. The molecule has 0 aliphatic heterocycles. The Bertz CT molecular complexity index is 346. The van der Waals surface area contributed by atoms with Crippen LogP contribution >= 0.6 is 0 Å². The van der Waals surface area contributed by atoms with Gasteiger partial charge in [-0.25, -0.2) is 8.78 Å². The number of aliphatic hydroxyl groups is 1. The molecule has 0 amide bonds. The van der Waals surface area contributed by atoms with Crippen molar-refractivity contribution in [3.05, 3.63) is 35.4 Å². The van der Waals surface area contributed by atoms with Gasteiger partial charge in [-0.1, -0.05) is 12.1 Å². The van der Waals surface area contributed by atoms with Crippen LogP contribution in [0.2, 0.25) is 0 Å². The van der Waals surface area contributed by atoms with Crippen molar-refractivity contribution in [2.45, 2.75) is 12.5 Å². The van der Waals surface area contributed by atoms with Gasteiger partial charge < -0.3 is 5.11 Å². The maximum atomic E-state index is 12.9. The van der Waals surface area contributed by atoms with Crippen molar-refractivity contribution in [1.82, 2.24) is 0 Å². The maximum absolute atomic E-state index is 12.9. The highest BCUT2D eigenvalue weighted by atomic mass is 19.2. The van der Waals surface area contributed by atoms with E-state index in [9.17, 15) is 13.9 Å². The Balaban J connectivity index is 3.02. The van der Waals surface area contributed by atoms with E-state index in [2.05, 4.69) is 0 Å². The second kappa shape index (κ2) is 3.97. The van der Waals surface area contributed by atoms with Gasteiger partial charge in [0.05, 0.1) is 18.6 Å². The van der Waals surface area contributed by atoms with Crippen LogP contribution in [-0.2, 0) is 0 Å². The Hall–Kier alpha value is -1.47. The van der Waals surface area contributed by atoms with E-state index < -0.39 is 17.7 Å². The highest BCUT2D eigenvalue weighted by molar-refractivity contribution is 5.21. The van der Waals surface area contributed by atoms with Gasteiger partial charge in [0.15, 0.2) is 11.6 Å². The Kier molecular flexibility index (Phi) is 2.93. The van der Waals surface area contributed by atoms with Crippen LogP contribution < -0.4 is 0 Å². The van der Waals surface area contributed by atoms with Crippen LogP contribution in [0.15, 0.2) is 18.2 Å². The van der Waals surface area contributed by atoms with Gasteiger partial charge in [-0.15, -0.1) is 0 Å². The summed E-state index contributed by atoms with van der Waals surface area (Å²) in [7, 11) is 0. The third-order valence-electron chi connectivity index (χ3n) is 1.63. The Morgan fingerprint density at radius 1 is 1.46 bits per heavy atom. The average Bonchev–Trinajstić information content (AvgIpc) is 2.10. The van der Waals surface area contributed by atoms with Crippen LogP contribution in [0, 0.1) is 23.0 Å². The van der Waals surface area contributed by atoms with Gasteiger partial charge in [-0.3, -0.25) is 0 Å². The maximum Gasteiger partial charge on any atom is 0.164 e. The fraction of sp³-hybridized carbons (Fsp3) is 0.222. The molecular formula is C9H7F2NO. The Morgan fingerprint density at radius 2 is 2.15 bits per heavy atom. The molecule has 1 aromatic rings. The predicted molar refractivity (Wildman–Crippen MR) is 41.5 cm³/mol. The highest BCUT2D eigenvalue weighted by Crippen LogP contribution is 2.20. The summed E-state index contributed by atoms with van der Waals surface area (Å²) in [5.74, 6) is -2.11. The number of nitrogens with zero attached hydrogens (tertiary/aromatic N) is 1. The van der Waals surface area contributed by atoms with Gasteiger partial charge in [0, 0.05) is 5.56 Å². The lowest BCUT2D eigenvalue weighted by Crippen LogP contribution is -2.01. The molecule has 0 heterocycles. The molecule has 4 heteroatoms. The van der Waals surface area contributed by atoms with Gasteiger partial charge in [0.2, 0.25) is 0 Å². The normalized spacial score (nSPS) is 12.2. The van der Waals surface area contributed by atoms with E-state index in [1.54, 1.807) is 6.07 Å². The smallest absolute Gasteiger partial charge is 0.164 e. The molecule has 1 unspecified atom stereocenters. The van der Waals surface area contributed by atoms with E-state index >= 15 is 0 Å². The third kappa shape index (κ3) is 2.01. The number of rotatable bonds is 2. The molecule has 1 rings (SSSR count). The second-order valence-corrected chi connectivity index (χ2v) is 2.52. The van der Waals surface area contributed by atoms with Crippen LogP contribution in [0.25, 0.3) is 0 Å². The molecule has 0 aromatic heterocycles. The molecule has 68 valence electrons. The standard InChI is InChI=1S/C9H7F2NO/c10-7-3-1-2-6(9(7)11)8(13)4-5-12/h1-3,8,13H,4H2. The monoisotopic (exact) mass is 183 g/mol. The number of nitriles is 1. The third-order valence-corrected chi connectivity index (χ3v) is 1.63. The Morgan fingerprint density at radius 3 is 2.77 bits per heavy atom. The van der Waals surface area contributed by atoms with E-state index in [4.69, 9.17) is 5.26 Å². The zero-order chi connectivity index (χ0) is 9.84. The average molecular weight is 183 g/mol. The number of hydrogen-bond donors (Lipinski definition) is 1. The summed E-state index contributed by atoms with van der Waals surface area (Å²) in [6.45, 7) is 0. The molecule has 1 aromatic carbocycles. The molecule has 0 radical (unpaired) electrons. The lowest BCUT2D eigenvalue weighted by atomic mass is 10.1. The molecule has 0 saturated heterocycles. The van der Waals surface area contributed by atoms with Crippen molar-refractivity contribution in [1.29, 1.82) is 5.26 Å². The largest absolute Gasteiger partial charge is 0.387 e. The molecule has 0 fully saturated rings. The van der Waals surface area contributed by atoms with Crippen molar-refractivity contribution >= 4 is 0 Å². The second-order valence-electron chi connectivity index (χ2n) is 2.52. The van der Waals surface area contributed by atoms with E-state index in [1.165, 1.54) is 12.1 Å². The Labute approximate surface area is 74.0 Å². The summed E-state index contributed by atoms with van der Waals surface area (Å²) in [4.78, 5) is 0. The van der Waals surface area contributed by atoms with E-state index in [0.717, 1.165) is 6.07 Å². The van der Waals surface area contributed by atoms with Crippen molar-refractivity contribution in [3.8, 4) is 6.07 Å². The molecule has 13 heavy (non-hydrogen) atoms. The molecule has 1 atom stereocenters. The van der Waals surface area contributed by atoms with Crippen LogP contribution in [0.4, 0.5) is 8.78 Å². The number of hydrogen-bond acceptors (Lipinski definition) is 2. The molecular weight excluding hydrogens is 176 g/mol. The van der Waals surface area contributed by atoms with E-state index in [-0.39, 0.29) is 12.0 Å². The lowest BCUT2D eigenvalue weighted by molar-refractivity contribution is 0.177. The number of aliphatic hydroxyl groups excluding tert-OH is 1. The molecule has 0 bridgehead atoms. The SMILES string of the molecule is N#CCC(O)c1cccc(F)c1F. The zero-order valence-corrected chi connectivity index (χ0v) is 6.67. The van der Waals surface area contributed by atoms with Crippen molar-refractivity contribution < 1.29 is 13.9 Å². The van der Waals surface area contributed by atoms with Crippen LogP contribution in [0.1, 0.15) is 18.1 Å². The van der Waals surface area contributed by atoms with Crippen LogP contribution in [0.5, 0.6) is 0 Å². The summed E-state index contributed by atoms with van der Waals surface area (Å²) in [6, 6.07) is 5.17. The highest BCUT2D eigenvalue weighted by Gasteiger charge is 2.14. The molecule has 0 aliphatic carbocycles. The quantitative estimate of drug-likeness (QED) is 0.761. The molecule has 0 saturated carbocycles. The first-order valence-corrected chi connectivity index (χ1v) is 3.65. The molecule has 0 spiro atoms. The van der Waals surface area contributed by atoms with Gasteiger partial charge in [-0.2, -0.15) is 5.26 Å². The predicted octanol–water partition coefficient (Wildman–Crippen LogP) is 1.91. The summed E-state index contributed by atoms with van der Waals surface area (Å²) < 4.78 is 25.5. The molecule has 0 aliphatic rings. The molecule has 1 N–H and O–H groups in total. The summed E-state index contributed by atoms with van der Waals surface area (Å²) in [5, 5.41) is 17.4. The summed E-state index contributed by atoms with van der Waals surface area (Å²) >= 11 is 0. The first-order valence-electron chi connectivity index (χ1n) is 3.65. The minimum absolute atomic E-state index is 0.179. The summed E-state index contributed by atoms with van der Waals surface area (Å²) in [6.07, 6.45) is -1.51. The van der Waals surface area contributed by atoms with Gasteiger partial charge >= 0.3 is 0 Å². The van der Waals surface area contributed by atoms with E-state index in [0.29, 0.717) is 0 Å². The fourth-order valence-electron chi connectivity index (χ4n) is 0.974. The first-order chi connectivity index (χ1) is 6.16. The van der Waals surface area contributed by atoms with Crippen molar-refractivity contribution in [3.63, 3.8) is 0 Å².